The standard InChI is InChI=1S/C26H25ClFN3O6/c1-4-36-24-12-16(8-11-22(24)37-15-18-19(27)6-5-7-20(18)28)14-29-31-26(33)25(32)30-21-10-9-17(34-2)13-23(21)35-3/h5-14H,4,15H2,1-3H3,(H,30,32)(H,31,33)/b29-14+. The minimum absolute atomic E-state index is 0.0941. The van der Waals surface area contributed by atoms with E-state index in [0.29, 0.717) is 40.9 Å². The van der Waals surface area contributed by atoms with Crippen molar-refractivity contribution in [1.82, 2.24) is 5.43 Å². The number of hydrazone groups is 1. The summed E-state index contributed by atoms with van der Waals surface area (Å²) in [5.74, 6) is -0.786. The number of nitrogens with one attached hydrogen (secondary N) is 2. The van der Waals surface area contributed by atoms with Gasteiger partial charge in [0.1, 0.15) is 23.9 Å². The molecular weight excluding hydrogens is 505 g/mol. The molecule has 3 aromatic carbocycles. The zero-order valence-corrected chi connectivity index (χ0v) is 21.1. The lowest BCUT2D eigenvalue weighted by Crippen LogP contribution is -2.32. The Kier molecular flexibility index (Phi) is 9.68. The highest BCUT2D eigenvalue weighted by atomic mass is 35.5. The van der Waals surface area contributed by atoms with Crippen LogP contribution in [0.1, 0.15) is 18.1 Å². The van der Waals surface area contributed by atoms with Crippen molar-refractivity contribution in [1.29, 1.82) is 0 Å². The number of carbonyl (C=O) groups excluding carboxylic acids is 2. The molecule has 194 valence electrons. The Labute approximate surface area is 218 Å². The van der Waals surface area contributed by atoms with Gasteiger partial charge in [0.05, 0.1) is 37.8 Å². The predicted molar refractivity (Wildman–Crippen MR) is 137 cm³/mol. The first-order chi connectivity index (χ1) is 17.9. The molecule has 0 aliphatic heterocycles. The average Bonchev–Trinajstić information content (AvgIpc) is 2.89. The Morgan fingerprint density at radius 2 is 1.78 bits per heavy atom. The molecule has 0 saturated heterocycles. The first-order valence-electron chi connectivity index (χ1n) is 11.0. The van der Waals surface area contributed by atoms with E-state index in [9.17, 15) is 14.0 Å². The van der Waals surface area contributed by atoms with Crippen LogP contribution in [0.2, 0.25) is 5.02 Å². The van der Waals surface area contributed by atoms with Gasteiger partial charge in [0.15, 0.2) is 11.5 Å². The lowest BCUT2D eigenvalue weighted by atomic mass is 10.2. The predicted octanol–water partition coefficient (Wildman–Crippen LogP) is 4.56. The maximum atomic E-state index is 14.0. The van der Waals surface area contributed by atoms with Crippen LogP contribution in [0.5, 0.6) is 23.0 Å². The van der Waals surface area contributed by atoms with E-state index < -0.39 is 17.6 Å². The number of amides is 2. The lowest BCUT2D eigenvalue weighted by molar-refractivity contribution is -0.136. The van der Waals surface area contributed by atoms with Gasteiger partial charge in [0, 0.05) is 11.6 Å². The highest BCUT2D eigenvalue weighted by Gasteiger charge is 2.16. The smallest absolute Gasteiger partial charge is 0.329 e. The molecule has 3 aromatic rings. The van der Waals surface area contributed by atoms with Crippen LogP contribution in [-0.4, -0.2) is 38.9 Å². The van der Waals surface area contributed by atoms with Gasteiger partial charge in [0.2, 0.25) is 0 Å². The Hall–Kier alpha value is -4.31. The third kappa shape index (κ3) is 7.34. The van der Waals surface area contributed by atoms with Crippen molar-refractivity contribution >= 4 is 35.3 Å². The molecule has 0 aliphatic rings. The quantitative estimate of drug-likeness (QED) is 0.226. The van der Waals surface area contributed by atoms with Gasteiger partial charge in [-0.05, 0) is 55.0 Å². The van der Waals surface area contributed by atoms with Crippen LogP contribution in [0.25, 0.3) is 0 Å². The molecule has 0 unspecified atom stereocenters. The van der Waals surface area contributed by atoms with E-state index in [1.54, 1.807) is 49.4 Å². The molecule has 0 heterocycles. The van der Waals surface area contributed by atoms with E-state index in [2.05, 4.69) is 15.8 Å². The minimum Gasteiger partial charge on any atom is -0.497 e. The molecule has 0 radical (unpaired) electrons. The summed E-state index contributed by atoms with van der Waals surface area (Å²) in [5, 5.41) is 6.53. The minimum atomic E-state index is -0.985. The molecule has 0 aliphatic carbocycles. The van der Waals surface area contributed by atoms with Crippen molar-refractivity contribution in [2.24, 2.45) is 5.10 Å². The Bertz CT molecular complexity index is 1280. The van der Waals surface area contributed by atoms with Crippen molar-refractivity contribution in [3.05, 3.63) is 76.6 Å². The van der Waals surface area contributed by atoms with Gasteiger partial charge in [0.25, 0.3) is 0 Å². The fourth-order valence-corrected chi connectivity index (χ4v) is 3.33. The molecule has 0 spiro atoms. The van der Waals surface area contributed by atoms with E-state index in [1.165, 1.54) is 32.6 Å². The van der Waals surface area contributed by atoms with Crippen molar-refractivity contribution < 1.29 is 32.9 Å². The third-order valence-corrected chi connectivity index (χ3v) is 5.30. The number of methoxy groups -OCH3 is 2. The summed E-state index contributed by atoms with van der Waals surface area (Å²) < 4.78 is 35.7. The molecular formula is C26H25ClFN3O6. The molecule has 9 nitrogen and oxygen atoms in total. The maximum absolute atomic E-state index is 14.0. The molecule has 2 N–H and O–H groups in total. The highest BCUT2D eigenvalue weighted by Crippen LogP contribution is 2.31. The van der Waals surface area contributed by atoms with Gasteiger partial charge in [-0.25, -0.2) is 9.82 Å². The lowest BCUT2D eigenvalue weighted by Gasteiger charge is -2.13. The van der Waals surface area contributed by atoms with E-state index in [-0.39, 0.29) is 17.2 Å². The normalized spacial score (nSPS) is 10.6. The molecule has 0 bridgehead atoms. The van der Waals surface area contributed by atoms with Gasteiger partial charge in [-0.2, -0.15) is 5.10 Å². The fourth-order valence-electron chi connectivity index (χ4n) is 3.11. The van der Waals surface area contributed by atoms with Gasteiger partial charge >= 0.3 is 11.8 Å². The molecule has 3 rings (SSSR count). The van der Waals surface area contributed by atoms with Gasteiger partial charge in [-0.3, -0.25) is 9.59 Å². The van der Waals surface area contributed by atoms with Crippen LogP contribution in [0.3, 0.4) is 0 Å². The van der Waals surface area contributed by atoms with E-state index in [4.69, 9.17) is 30.5 Å². The summed E-state index contributed by atoms with van der Waals surface area (Å²) in [6.45, 7) is 2.06. The number of rotatable bonds is 10. The second-order valence-electron chi connectivity index (χ2n) is 7.35. The number of benzene rings is 3. The largest absolute Gasteiger partial charge is 0.497 e. The fraction of sp³-hybridized carbons (Fsp3) is 0.192. The number of anilines is 1. The first-order valence-corrected chi connectivity index (χ1v) is 11.4. The molecule has 0 atom stereocenters. The van der Waals surface area contributed by atoms with Crippen LogP contribution in [0.15, 0.2) is 59.7 Å². The van der Waals surface area contributed by atoms with Crippen molar-refractivity contribution in [2.45, 2.75) is 13.5 Å². The Morgan fingerprint density at radius 3 is 2.49 bits per heavy atom. The van der Waals surface area contributed by atoms with E-state index >= 15 is 0 Å². The molecule has 2 amide bonds. The molecule has 0 aromatic heterocycles. The van der Waals surface area contributed by atoms with Crippen molar-refractivity contribution in [3.8, 4) is 23.0 Å². The van der Waals surface area contributed by atoms with Gasteiger partial charge in [-0.1, -0.05) is 17.7 Å². The summed E-state index contributed by atoms with van der Waals surface area (Å²) in [7, 11) is 2.93. The van der Waals surface area contributed by atoms with Gasteiger partial charge in [-0.15, -0.1) is 0 Å². The number of hydrogen-bond donors (Lipinski definition) is 2. The molecule has 0 saturated carbocycles. The van der Waals surface area contributed by atoms with Crippen molar-refractivity contribution in [3.63, 3.8) is 0 Å². The molecule has 0 fully saturated rings. The van der Waals surface area contributed by atoms with E-state index in [1.807, 2.05) is 0 Å². The van der Waals surface area contributed by atoms with Crippen molar-refractivity contribution in [2.75, 3.05) is 26.1 Å². The van der Waals surface area contributed by atoms with Crippen LogP contribution in [0.4, 0.5) is 10.1 Å². The third-order valence-electron chi connectivity index (χ3n) is 4.94. The SMILES string of the molecule is CCOc1cc(/C=N/NC(=O)C(=O)Nc2ccc(OC)cc2OC)ccc1OCc1c(F)cccc1Cl. The molecule has 37 heavy (non-hydrogen) atoms. The number of hydrogen-bond acceptors (Lipinski definition) is 7. The Morgan fingerprint density at radius 1 is 0.973 bits per heavy atom. The van der Waals surface area contributed by atoms with Crippen LogP contribution >= 0.6 is 11.6 Å². The molecule has 11 heteroatoms. The summed E-state index contributed by atoms with van der Waals surface area (Å²) in [4.78, 5) is 24.4. The maximum Gasteiger partial charge on any atom is 0.329 e. The second-order valence-corrected chi connectivity index (χ2v) is 7.75. The highest BCUT2D eigenvalue weighted by molar-refractivity contribution is 6.39. The zero-order valence-electron chi connectivity index (χ0n) is 20.3. The summed E-state index contributed by atoms with van der Waals surface area (Å²) >= 11 is 6.06. The average molecular weight is 530 g/mol. The van der Waals surface area contributed by atoms with Crippen LogP contribution in [0, 0.1) is 5.82 Å². The zero-order chi connectivity index (χ0) is 26.8. The van der Waals surface area contributed by atoms with E-state index in [0.717, 1.165) is 0 Å². The number of halogens is 2. The topological polar surface area (TPSA) is 107 Å². The number of carbonyl (C=O) groups is 2. The Balaban J connectivity index is 1.63. The van der Waals surface area contributed by atoms with Crippen LogP contribution in [-0.2, 0) is 16.2 Å². The number of ether oxygens (including phenoxy) is 4. The summed E-state index contributed by atoms with van der Waals surface area (Å²) in [6.07, 6.45) is 1.33. The monoisotopic (exact) mass is 529 g/mol. The first kappa shape index (κ1) is 27.3. The number of nitrogens with zero attached hydrogens (tertiary/aromatic N) is 1. The summed E-state index contributed by atoms with van der Waals surface area (Å²) in [6, 6.07) is 14.0. The second kappa shape index (κ2) is 13.1. The van der Waals surface area contributed by atoms with Crippen LogP contribution < -0.4 is 29.7 Å². The summed E-state index contributed by atoms with van der Waals surface area (Å²) in [5.41, 5.74) is 3.23. The van der Waals surface area contributed by atoms with Gasteiger partial charge < -0.3 is 24.3 Å².